The van der Waals surface area contributed by atoms with Gasteiger partial charge in [-0.05, 0) is 36.3 Å². The molecule has 23 heavy (non-hydrogen) atoms. The quantitative estimate of drug-likeness (QED) is 0.699. The van der Waals surface area contributed by atoms with E-state index in [9.17, 15) is 14.0 Å². The molecular formula is C18H15FN2O2. The fraction of sp³-hybridized carbons (Fsp3) is 0.111. The lowest BCUT2D eigenvalue weighted by molar-refractivity contribution is -0.123. The third-order valence-electron chi connectivity index (χ3n) is 3.60. The Morgan fingerprint density at radius 1 is 1.04 bits per heavy atom. The number of amides is 3. The Labute approximate surface area is 133 Å². The molecule has 1 heterocycles. The van der Waals surface area contributed by atoms with E-state index in [0.29, 0.717) is 5.56 Å². The molecule has 0 aliphatic carbocycles. The van der Waals surface area contributed by atoms with Gasteiger partial charge < -0.3 is 5.32 Å². The maximum absolute atomic E-state index is 12.9. The molecule has 1 aliphatic rings. The van der Waals surface area contributed by atoms with Gasteiger partial charge in [0.05, 0.1) is 6.54 Å². The Morgan fingerprint density at radius 3 is 2.35 bits per heavy atom. The maximum Gasteiger partial charge on any atom is 0.329 e. The van der Waals surface area contributed by atoms with Crippen molar-refractivity contribution in [2.75, 3.05) is 0 Å². The van der Waals surface area contributed by atoms with Crippen LogP contribution < -0.4 is 5.32 Å². The van der Waals surface area contributed by atoms with Crippen LogP contribution in [0.25, 0.3) is 6.08 Å². The standard InChI is InChI=1S/C18H15FN2O2/c1-12-2-4-13(5-3-12)10-16-17(22)21(18(23)20-16)11-14-6-8-15(19)9-7-14/h2-10H,11H2,1H3,(H,20,23). The predicted molar refractivity (Wildman–Crippen MR) is 84.6 cm³/mol. The molecule has 5 heteroatoms. The van der Waals surface area contributed by atoms with E-state index < -0.39 is 6.03 Å². The van der Waals surface area contributed by atoms with Crippen molar-refractivity contribution in [3.8, 4) is 0 Å². The molecule has 0 unspecified atom stereocenters. The highest BCUT2D eigenvalue weighted by Crippen LogP contribution is 2.17. The van der Waals surface area contributed by atoms with Crippen LogP contribution in [0.1, 0.15) is 16.7 Å². The Kier molecular flexibility index (Phi) is 3.93. The first kappa shape index (κ1) is 15.0. The molecule has 1 aliphatic heterocycles. The second kappa shape index (κ2) is 6.04. The van der Waals surface area contributed by atoms with Gasteiger partial charge in [-0.15, -0.1) is 0 Å². The summed E-state index contributed by atoms with van der Waals surface area (Å²) in [5, 5.41) is 2.57. The van der Waals surface area contributed by atoms with Crippen molar-refractivity contribution in [1.29, 1.82) is 0 Å². The van der Waals surface area contributed by atoms with Gasteiger partial charge in [-0.2, -0.15) is 0 Å². The normalized spacial score (nSPS) is 16.1. The lowest BCUT2D eigenvalue weighted by atomic mass is 10.1. The zero-order valence-electron chi connectivity index (χ0n) is 12.5. The zero-order valence-corrected chi connectivity index (χ0v) is 12.5. The van der Waals surface area contributed by atoms with E-state index >= 15 is 0 Å². The highest BCUT2D eigenvalue weighted by Gasteiger charge is 2.33. The molecule has 116 valence electrons. The Hall–Kier alpha value is -2.95. The third-order valence-corrected chi connectivity index (χ3v) is 3.60. The second-order valence-electron chi connectivity index (χ2n) is 5.42. The van der Waals surface area contributed by atoms with Gasteiger partial charge in [0, 0.05) is 0 Å². The minimum absolute atomic E-state index is 0.107. The minimum Gasteiger partial charge on any atom is -0.303 e. The fourth-order valence-corrected chi connectivity index (χ4v) is 2.32. The molecule has 1 N–H and O–H groups in total. The number of hydrogen-bond acceptors (Lipinski definition) is 2. The number of carbonyl (C=O) groups excluding carboxylic acids is 2. The minimum atomic E-state index is -0.474. The first-order chi connectivity index (χ1) is 11.0. The van der Waals surface area contributed by atoms with E-state index in [1.807, 2.05) is 31.2 Å². The van der Waals surface area contributed by atoms with Gasteiger partial charge in [0.1, 0.15) is 11.5 Å². The molecule has 0 bridgehead atoms. The highest BCUT2D eigenvalue weighted by atomic mass is 19.1. The third kappa shape index (κ3) is 3.29. The summed E-state index contributed by atoms with van der Waals surface area (Å²) < 4.78 is 12.9. The number of nitrogens with one attached hydrogen (secondary N) is 1. The first-order valence-electron chi connectivity index (χ1n) is 7.18. The van der Waals surface area contributed by atoms with E-state index in [1.165, 1.54) is 12.1 Å². The summed E-state index contributed by atoms with van der Waals surface area (Å²) in [4.78, 5) is 25.5. The topological polar surface area (TPSA) is 49.4 Å². The monoisotopic (exact) mass is 310 g/mol. The summed E-state index contributed by atoms with van der Waals surface area (Å²) in [6.07, 6.45) is 1.64. The summed E-state index contributed by atoms with van der Waals surface area (Å²) in [6.45, 7) is 2.08. The molecule has 0 atom stereocenters. The number of carbonyl (C=O) groups is 2. The number of rotatable bonds is 3. The van der Waals surface area contributed by atoms with Crippen LogP contribution in [0.3, 0.4) is 0 Å². The molecule has 0 aromatic heterocycles. The summed E-state index contributed by atoms with van der Waals surface area (Å²) in [6, 6.07) is 12.9. The fourth-order valence-electron chi connectivity index (χ4n) is 2.32. The average molecular weight is 310 g/mol. The average Bonchev–Trinajstić information content (AvgIpc) is 2.79. The predicted octanol–water partition coefficient (Wildman–Crippen LogP) is 3.23. The maximum atomic E-state index is 12.9. The van der Waals surface area contributed by atoms with Gasteiger partial charge in [0.2, 0.25) is 0 Å². The first-order valence-corrected chi connectivity index (χ1v) is 7.18. The van der Waals surface area contributed by atoms with Crippen molar-refractivity contribution < 1.29 is 14.0 Å². The molecule has 1 fully saturated rings. The molecule has 2 aromatic carbocycles. The van der Waals surface area contributed by atoms with E-state index in [1.54, 1.807) is 18.2 Å². The molecule has 2 aromatic rings. The van der Waals surface area contributed by atoms with Crippen LogP contribution in [-0.4, -0.2) is 16.8 Å². The summed E-state index contributed by atoms with van der Waals surface area (Å²) in [7, 11) is 0. The molecule has 3 rings (SSSR count). The number of imide groups is 1. The molecule has 0 saturated carbocycles. The largest absolute Gasteiger partial charge is 0.329 e. The van der Waals surface area contributed by atoms with Crippen molar-refractivity contribution in [1.82, 2.24) is 10.2 Å². The van der Waals surface area contributed by atoms with Gasteiger partial charge in [0.25, 0.3) is 5.91 Å². The van der Waals surface area contributed by atoms with Crippen LogP contribution >= 0.6 is 0 Å². The van der Waals surface area contributed by atoms with Crippen LogP contribution in [0.5, 0.6) is 0 Å². The van der Waals surface area contributed by atoms with E-state index in [0.717, 1.165) is 16.0 Å². The lowest BCUT2D eigenvalue weighted by Crippen LogP contribution is -2.30. The second-order valence-corrected chi connectivity index (χ2v) is 5.42. The van der Waals surface area contributed by atoms with Crippen molar-refractivity contribution in [2.24, 2.45) is 0 Å². The molecular weight excluding hydrogens is 295 g/mol. The Balaban J connectivity index is 1.79. The van der Waals surface area contributed by atoms with Crippen LogP contribution in [-0.2, 0) is 11.3 Å². The number of benzene rings is 2. The number of aryl methyl sites for hydroxylation is 1. The Morgan fingerprint density at radius 2 is 1.70 bits per heavy atom. The van der Waals surface area contributed by atoms with Crippen molar-refractivity contribution >= 4 is 18.0 Å². The summed E-state index contributed by atoms with van der Waals surface area (Å²) in [5.74, 6) is -0.745. The van der Waals surface area contributed by atoms with Crippen molar-refractivity contribution in [3.63, 3.8) is 0 Å². The van der Waals surface area contributed by atoms with Crippen molar-refractivity contribution in [3.05, 3.63) is 76.7 Å². The number of hydrogen-bond donors (Lipinski definition) is 1. The van der Waals surface area contributed by atoms with E-state index in [-0.39, 0.29) is 24.0 Å². The van der Waals surface area contributed by atoms with Gasteiger partial charge in [0.15, 0.2) is 0 Å². The van der Waals surface area contributed by atoms with Gasteiger partial charge in [-0.3, -0.25) is 9.69 Å². The van der Waals surface area contributed by atoms with Crippen molar-refractivity contribution in [2.45, 2.75) is 13.5 Å². The van der Waals surface area contributed by atoms with Crippen LogP contribution in [0.4, 0.5) is 9.18 Å². The Bertz CT molecular complexity index is 780. The smallest absolute Gasteiger partial charge is 0.303 e. The van der Waals surface area contributed by atoms with Gasteiger partial charge >= 0.3 is 6.03 Å². The van der Waals surface area contributed by atoms with Crippen LogP contribution in [0.2, 0.25) is 0 Å². The van der Waals surface area contributed by atoms with E-state index in [4.69, 9.17) is 0 Å². The molecule has 4 nitrogen and oxygen atoms in total. The van der Waals surface area contributed by atoms with Gasteiger partial charge in [-0.25, -0.2) is 9.18 Å². The summed E-state index contributed by atoms with van der Waals surface area (Å²) in [5.41, 5.74) is 2.88. The number of halogens is 1. The van der Waals surface area contributed by atoms with Crippen LogP contribution in [0, 0.1) is 12.7 Å². The lowest BCUT2D eigenvalue weighted by Gasteiger charge is -2.11. The SMILES string of the molecule is Cc1ccc(C=C2NC(=O)N(Cc3ccc(F)cc3)C2=O)cc1. The number of urea groups is 1. The molecule has 0 spiro atoms. The van der Waals surface area contributed by atoms with Crippen LogP contribution in [0.15, 0.2) is 54.2 Å². The molecule has 0 radical (unpaired) electrons. The molecule has 3 amide bonds. The zero-order chi connectivity index (χ0) is 16.4. The highest BCUT2D eigenvalue weighted by molar-refractivity contribution is 6.13. The van der Waals surface area contributed by atoms with Gasteiger partial charge in [-0.1, -0.05) is 42.0 Å². The molecule has 1 saturated heterocycles. The summed E-state index contributed by atoms with van der Waals surface area (Å²) >= 11 is 0. The number of nitrogens with zero attached hydrogens (tertiary/aromatic N) is 1. The van der Waals surface area contributed by atoms with E-state index in [2.05, 4.69) is 5.32 Å².